The highest BCUT2D eigenvalue weighted by Gasteiger charge is 2.31. The number of hydrogen-bond donors (Lipinski definition) is 3. The van der Waals surface area contributed by atoms with Gasteiger partial charge in [-0.1, -0.05) is 25.7 Å². The van der Waals surface area contributed by atoms with E-state index < -0.39 is 0 Å². The predicted octanol–water partition coefficient (Wildman–Crippen LogP) is 1.94. The number of piperidine rings is 1. The molecule has 2 atom stereocenters. The first-order valence-corrected chi connectivity index (χ1v) is 11.2. The fourth-order valence-electron chi connectivity index (χ4n) is 4.77. The number of aliphatic hydroxyl groups is 1. The van der Waals surface area contributed by atoms with Gasteiger partial charge in [0.05, 0.1) is 6.10 Å². The Morgan fingerprint density at radius 1 is 0.966 bits per heavy atom. The quantitative estimate of drug-likeness (QED) is 0.293. The largest absolute Gasteiger partial charge is 0.391 e. The zero-order valence-corrected chi connectivity index (χ0v) is 20.4. The Kier molecular flexibility index (Phi) is 10.5. The van der Waals surface area contributed by atoms with Crippen LogP contribution < -0.4 is 10.6 Å². The highest BCUT2D eigenvalue weighted by Crippen LogP contribution is 2.26. The Morgan fingerprint density at radius 3 is 2.10 bits per heavy atom. The van der Waals surface area contributed by atoms with Crippen LogP contribution in [0.25, 0.3) is 0 Å². The van der Waals surface area contributed by atoms with Crippen molar-refractivity contribution in [1.82, 2.24) is 20.4 Å². The molecule has 2 aliphatic carbocycles. The molecule has 168 valence electrons. The van der Waals surface area contributed by atoms with Gasteiger partial charge in [0.2, 0.25) is 5.91 Å². The summed E-state index contributed by atoms with van der Waals surface area (Å²) in [6, 6.07) is 1.19. The van der Waals surface area contributed by atoms with Crippen LogP contribution in [-0.4, -0.2) is 84.7 Å². The number of aliphatic hydroxyl groups excluding tert-OH is 1. The number of guanidine groups is 1. The average Bonchev–Trinajstić information content (AvgIpc) is 3.20. The Hall–Kier alpha value is -0.610. The van der Waals surface area contributed by atoms with E-state index in [9.17, 15) is 9.90 Å². The van der Waals surface area contributed by atoms with E-state index in [1.54, 1.807) is 19.0 Å². The van der Waals surface area contributed by atoms with Crippen LogP contribution >= 0.6 is 24.0 Å². The Labute approximate surface area is 193 Å². The molecular weight excluding hydrogens is 481 g/mol. The molecular formula is C21H40IN5O2. The summed E-state index contributed by atoms with van der Waals surface area (Å²) in [4.78, 5) is 20.6. The van der Waals surface area contributed by atoms with Crippen molar-refractivity contribution in [2.24, 2.45) is 4.99 Å². The maximum Gasteiger partial charge on any atom is 0.243 e. The minimum Gasteiger partial charge on any atom is -0.391 e. The van der Waals surface area contributed by atoms with Crippen LogP contribution in [0, 0.1) is 0 Å². The summed E-state index contributed by atoms with van der Waals surface area (Å²) in [5, 5.41) is 17.5. The maximum absolute atomic E-state index is 12.0. The Bertz CT molecular complexity index is 531. The number of aliphatic imine (C=N–C) groups is 1. The van der Waals surface area contributed by atoms with E-state index >= 15 is 0 Å². The lowest BCUT2D eigenvalue weighted by Crippen LogP contribution is -2.54. The maximum atomic E-state index is 12.0. The predicted molar refractivity (Wildman–Crippen MR) is 128 cm³/mol. The van der Waals surface area contributed by atoms with Crippen LogP contribution in [0.3, 0.4) is 0 Å². The second-order valence-corrected chi connectivity index (χ2v) is 8.95. The molecule has 0 aromatic heterocycles. The lowest BCUT2D eigenvalue weighted by molar-refractivity contribution is -0.127. The summed E-state index contributed by atoms with van der Waals surface area (Å²) < 4.78 is 0. The molecule has 2 unspecified atom stereocenters. The van der Waals surface area contributed by atoms with Crippen molar-refractivity contribution in [2.45, 2.75) is 88.4 Å². The van der Waals surface area contributed by atoms with Gasteiger partial charge in [0.25, 0.3) is 0 Å². The number of nitrogens with zero attached hydrogens (tertiary/aromatic N) is 3. The summed E-state index contributed by atoms with van der Waals surface area (Å²) in [6.45, 7) is 2.22. The first-order chi connectivity index (χ1) is 13.5. The molecule has 0 bridgehead atoms. The zero-order chi connectivity index (χ0) is 19.9. The van der Waals surface area contributed by atoms with Gasteiger partial charge >= 0.3 is 0 Å². The van der Waals surface area contributed by atoms with Gasteiger partial charge in [0.1, 0.15) is 6.54 Å². The van der Waals surface area contributed by atoms with Crippen molar-refractivity contribution in [3.05, 3.63) is 0 Å². The fraction of sp³-hybridized carbons (Fsp3) is 0.905. The van der Waals surface area contributed by atoms with E-state index in [2.05, 4.69) is 20.5 Å². The number of carbonyl (C=O) groups excluding carboxylic acids is 1. The van der Waals surface area contributed by atoms with Crippen molar-refractivity contribution < 1.29 is 9.90 Å². The van der Waals surface area contributed by atoms with Crippen molar-refractivity contribution >= 4 is 35.8 Å². The summed E-state index contributed by atoms with van der Waals surface area (Å²) >= 11 is 0. The topological polar surface area (TPSA) is 80.2 Å². The molecule has 1 heterocycles. The summed E-state index contributed by atoms with van der Waals surface area (Å²) in [6.07, 6.45) is 11.3. The van der Waals surface area contributed by atoms with Crippen molar-refractivity contribution in [1.29, 1.82) is 0 Å². The molecule has 0 aromatic carbocycles. The van der Waals surface area contributed by atoms with Gasteiger partial charge in [0.15, 0.2) is 5.96 Å². The third kappa shape index (κ3) is 7.54. The van der Waals surface area contributed by atoms with Crippen molar-refractivity contribution in [3.63, 3.8) is 0 Å². The molecule has 0 spiro atoms. The second kappa shape index (κ2) is 12.3. The third-order valence-corrected chi connectivity index (χ3v) is 6.60. The van der Waals surface area contributed by atoms with Gasteiger partial charge in [0, 0.05) is 45.3 Å². The molecule has 0 radical (unpaired) electrons. The van der Waals surface area contributed by atoms with Gasteiger partial charge in [-0.05, 0) is 38.5 Å². The third-order valence-electron chi connectivity index (χ3n) is 6.60. The summed E-state index contributed by atoms with van der Waals surface area (Å²) in [5.74, 6) is 0.812. The number of rotatable bonds is 5. The van der Waals surface area contributed by atoms with E-state index in [1.165, 1.54) is 32.1 Å². The number of likely N-dealkylation sites (tertiary alicyclic amines) is 1. The van der Waals surface area contributed by atoms with Crippen molar-refractivity contribution in [3.8, 4) is 0 Å². The molecule has 3 fully saturated rings. The molecule has 3 N–H and O–H groups in total. The van der Waals surface area contributed by atoms with Gasteiger partial charge in [-0.15, -0.1) is 24.0 Å². The molecule has 0 aromatic rings. The molecule has 8 heteroatoms. The zero-order valence-electron chi connectivity index (χ0n) is 18.1. The van der Waals surface area contributed by atoms with Gasteiger partial charge in [-0.25, -0.2) is 4.99 Å². The molecule has 1 aliphatic heterocycles. The monoisotopic (exact) mass is 521 g/mol. The minimum absolute atomic E-state index is 0. The Morgan fingerprint density at radius 2 is 1.52 bits per heavy atom. The van der Waals surface area contributed by atoms with Gasteiger partial charge in [-0.2, -0.15) is 0 Å². The summed E-state index contributed by atoms with van der Waals surface area (Å²) in [7, 11) is 3.54. The molecule has 29 heavy (non-hydrogen) atoms. The van der Waals surface area contributed by atoms with E-state index in [0.717, 1.165) is 51.2 Å². The van der Waals surface area contributed by atoms with E-state index in [1.807, 2.05) is 0 Å². The van der Waals surface area contributed by atoms with Crippen LogP contribution in [-0.2, 0) is 4.79 Å². The SMILES string of the molecule is CN(C)C(=O)CN=C(NC1CCCC1)NC1CCN(C2CCCCC2O)CC1.I. The first kappa shape index (κ1) is 24.7. The molecule has 2 saturated carbocycles. The first-order valence-electron chi connectivity index (χ1n) is 11.2. The molecule has 3 rings (SSSR count). The average molecular weight is 521 g/mol. The number of halogens is 1. The molecule has 1 saturated heterocycles. The molecule has 3 aliphatic rings. The number of amides is 1. The van der Waals surface area contributed by atoms with Crippen LogP contribution in [0.15, 0.2) is 4.99 Å². The number of hydrogen-bond acceptors (Lipinski definition) is 4. The van der Waals surface area contributed by atoms with E-state index in [-0.39, 0.29) is 42.5 Å². The molecule has 7 nitrogen and oxygen atoms in total. The molecule has 1 amide bonds. The van der Waals surface area contributed by atoms with Gasteiger partial charge < -0.3 is 20.6 Å². The minimum atomic E-state index is -0.156. The number of carbonyl (C=O) groups is 1. The van der Waals surface area contributed by atoms with E-state index in [4.69, 9.17) is 0 Å². The van der Waals surface area contributed by atoms with Crippen LogP contribution in [0.2, 0.25) is 0 Å². The van der Waals surface area contributed by atoms with Crippen LogP contribution in [0.4, 0.5) is 0 Å². The highest BCUT2D eigenvalue weighted by molar-refractivity contribution is 14.0. The van der Waals surface area contributed by atoms with Gasteiger partial charge in [-0.3, -0.25) is 9.69 Å². The standard InChI is InChI=1S/C21H39N5O2.HI/c1-25(2)20(28)15-22-21(23-16-7-3-4-8-16)24-17-11-13-26(14-12-17)18-9-5-6-10-19(18)27;/h16-19,27H,3-15H2,1-2H3,(H2,22,23,24);1H. The number of likely N-dealkylation sites (N-methyl/N-ethyl adjacent to an activating group) is 1. The van der Waals surface area contributed by atoms with E-state index in [0.29, 0.717) is 18.1 Å². The van der Waals surface area contributed by atoms with Crippen LogP contribution in [0.5, 0.6) is 0 Å². The normalized spacial score (nSPS) is 27.3. The van der Waals surface area contributed by atoms with Crippen LogP contribution in [0.1, 0.15) is 64.2 Å². The Balaban J connectivity index is 0.00000300. The smallest absolute Gasteiger partial charge is 0.243 e. The van der Waals surface area contributed by atoms with Crippen molar-refractivity contribution in [2.75, 3.05) is 33.7 Å². The highest BCUT2D eigenvalue weighted by atomic mass is 127. The lowest BCUT2D eigenvalue weighted by atomic mass is 9.89. The fourth-order valence-corrected chi connectivity index (χ4v) is 4.77. The number of nitrogens with one attached hydrogen (secondary N) is 2. The second-order valence-electron chi connectivity index (χ2n) is 8.95. The lowest BCUT2D eigenvalue weighted by Gasteiger charge is -2.42. The summed E-state index contributed by atoms with van der Waals surface area (Å²) in [5.41, 5.74) is 0.